The van der Waals surface area contributed by atoms with Crippen LogP contribution in [-0.4, -0.2) is 20.7 Å². The van der Waals surface area contributed by atoms with Crippen LogP contribution in [0.15, 0.2) is 35.7 Å². The molecule has 2 heterocycles. The van der Waals surface area contributed by atoms with E-state index in [1.54, 1.807) is 0 Å². The van der Waals surface area contributed by atoms with Crippen molar-refractivity contribution in [3.8, 4) is 5.13 Å². The lowest BCUT2D eigenvalue weighted by atomic mass is 10.1. The van der Waals surface area contributed by atoms with Crippen LogP contribution in [0.25, 0.3) is 5.13 Å². The molecule has 0 radical (unpaired) electrons. The molecule has 24 heavy (non-hydrogen) atoms. The van der Waals surface area contributed by atoms with Gasteiger partial charge in [0.05, 0.1) is 17.8 Å². The van der Waals surface area contributed by atoms with Crippen molar-refractivity contribution in [1.82, 2.24) is 20.1 Å². The van der Waals surface area contributed by atoms with Gasteiger partial charge in [-0.2, -0.15) is 5.10 Å². The van der Waals surface area contributed by atoms with E-state index in [1.165, 1.54) is 16.9 Å². The molecule has 1 aromatic carbocycles. The smallest absolute Gasteiger partial charge is 0.226 e. The molecule has 0 aliphatic carbocycles. The number of carbonyl (C=O) groups is 1. The summed E-state index contributed by atoms with van der Waals surface area (Å²) in [7, 11) is 0. The molecular weight excluding hydrogens is 320 g/mol. The fourth-order valence-corrected chi connectivity index (χ4v) is 3.26. The minimum atomic E-state index is -0.0270. The third kappa shape index (κ3) is 3.89. The summed E-state index contributed by atoms with van der Waals surface area (Å²) in [4.78, 5) is 16.6. The fourth-order valence-electron chi connectivity index (χ4n) is 2.43. The zero-order chi connectivity index (χ0) is 17.1. The minimum Gasteiger partial charge on any atom is -0.352 e. The Morgan fingerprint density at radius 3 is 2.62 bits per heavy atom. The molecule has 0 spiro atoms. The molecule has 0 fully saturated rings. The first kappa shape index (κ1) is 16.4. The highest BCUT2D eigenvalue weighted by Gasteiger charge is 2.11. The monoisotopic (exact) mass is 340 g/mol. The summed E-state index contributed by atoms with van der Waals surface area (Å²) >= 11 is 1.50. The van der Waals surface area contributed by atoms with Crippen LogP contribution in [0.2, 0.25) is 0 Å². The van der Waals surface area contributed by atoms with Crippen LogP contribution in [0.1, 0.15) is 28.2 Å². The Bertz CT molecular complexity index is 848. The van der Waals surface area contributed by atoms with Crippen LogP contribution >= 0.6 is 11.3 Å². The van der Waals surface area contributed by atoms with Crippen LogP contribution < -0.4 is 5.32 Å². The van der Waals surface area contributed by atoms with Gasteiger partial charge < -0.3 is 5.32 Å². The van der Waals surface area contributed by atoms with Gasteiger partial charge in [-0.1, -0.05) is 29.8 Å². The summed E-state index contributed by atoms with van der Waals surface area (Å²) in [5, 5.41) is 10.1. The Labute approximate surface area is 145 Å². The van der Waals surface area contributed by atoms with Gasteiger partial charge in [-0.25, -0.2) is 9.67 Å². The Hall–Kier alpha value is -2.47. The Kier molecular flexibility index (Phi) is 4.76. The lowest BCUT2D eigenvalue weighted by molar-refractivity contribution is -0.120. The van der Waals surface area contributed by atoms with Gasteiger partial charge in [0.2, 0.25) is 11.0 Å². The van der Waals surface area contributed by atoms with Crippen LogP contribution in [0.4, 0.5) is 0 Å². The normalized spacial score (nSPS) is 10.8. The molecule has 3 aromatic rings. The largest absolute Gasteiger partial charge is 0.352 e. The lowest BCUT2D eigenvalue weighted by Gasteiger charge is -2.04. The highest BCUT2D eigenvalue weighted by Crippen LogP contribution is 2.17. The van der Waals surface area contributed by atoms with Crippen LogP contribution in [0, 0.1) is 20.8 Å². The lowest BCUT2D eigenvalue weighted by Crippen LogP contribution is -2.24. The summed E-state index contributed by atoms with van der Waals surface area (Å²) in [6, 6.07) is 10.2. The van der Waals surface area contributed by atoms with Gasteiger partial charge in [-0.3, -0.25) is 4.79 Å². The minimum absolute atomic E-state index is 0.0270. The van der Waals surface area contributed by atoms with Gasteiger partial charge in [-0.05, 0) is 32.4 Å². The Morgan fingerprint density at radius 1 is 1.21 bits per heavy atom. The second-order valence-electron chi connectivity index (χ2n) is 5.90. The van der Waals surface area contributed by atoms with Gasteiger partial charge in [-0.15, -0.1) is 11.3 Å². The van der Waals surface area contributed by atoms with E-state index < -0.39 is 0 Å². The molecule has 0 unspecified atom stereocenters. The molecule has 0 aliphatic rings. The quantitative estimate of drug-likeness (QED) is 0.776. The number of benzene rings is 1. The summed E-state index contributed by atoms with van der Waals surface area (Å²) in [6.07, 6.45) is 0.279. The number of rotatable bonds is 5. The number of aromatic nitrogens is 3. The van der Waals surface area contributed by atoms with Gasteiger partial charge in [0.25, 0.3) is 0 Å². The number of thiazole rings is 1. The molecule has 3 rings (SSSR count). The SMILES string of the molecule is Cc1ccc(CNC(=O)Cc2csc(-n3nc(C)cc3C)n2)cc1. The first-order chi connectivity index (χ1) is 11.5. The number of aryl methyl sites for hydroxylation is 3. The maximum absolute atomic E-state index is 12.1. The van der Waals surface area contributed by atoms with E-state index in [-0.39, 0.29) is 12.3 Å². The molecule has 6 heteroatoms. The number of hydrogen-bond acceptors (Lipinski definition) is 4. The van der Waals surface area contributed by atoms with Crippen LogP contribution in [0.3, 0.4) is 0 Å². The fraction of sp³-hybridized carbons (Fsp3) is 0.278. The molecule has 2 aromatic heterocycles. The predicted octanol–water partition coefficient (Wildman–Crippen LogP) is 3.11. The molecule has 1 N–H and O–H groups in total. The van der Waals surface area contributed by atoms with Crippen molar-refractivity contribution in [3.63, 3.8) is 0 Å². The second-order valence-corrected chi connectivity index (χ2v) is 6.74. The molecule has 1 amide bonds. The zero-order valence-corrected chi connectivity index (χ0v) is 14.9. The van der Waals surface area contributed by atoms with Crippen molar-refractivity contribution in [2.24, 2.45) is 0 Å². The zero-order valence-electron chi connectivity index (χ0n) is 14.0. The second kappa shape index (κ2) is 6.97. The van der Waals surface area contributed by atoms with Gasteiger partial charge in [0.1, 0.15) is 0 Å². The summed E-state index contributed by atoms with van der Waals surface area (Å²) in [5.41, 5.74) is 5.07. The number of nitrogens with one attached hydrogen (secondary N) is 1. The van der Waals surface area contributed by atoms with E-state index in [0.29, 0.717) is 6.54 Å². The Balaban J connectivity index is 1.59. The number of hydrogen-bond donors (Lipinski definition) is 1. The van der Waals surface area contributed by atoms with Crippen molar-refractivity contribution in [2.45, 2.75) is 33.7 Å². The molecular formula is C18H20N4OS. The number of nitrogens with zero attached hydrogens (tertiary/aromatic N) is 3. The highest BCUT2D eigenvalue weighted by atomic mass is 32.1. The molecule has 0 saturated heterocycles. The highest BCUT2D eigenvalue weighted by molar-refractivity contribution is 7.12. The van der Waals surface area contributed by atoms with E-state index in [9.17, 15) is 4.79 Å². The third-order valence-electron chi connectivity index (χ3n) is 3.68. The number of carbonyl (C=O) groups excluding carboxylic acids is 1. The van der Waals surface area contributed by atoms with Crippen molar-refractivity contribution in [3.05, 3.63) is 63.9 Å². The van der Waals surface area contributed by atoms with Gasteiger partial charge in [0.15, 0.2) is 0 Å². The van der Waals surface area contributed by atoms with Gasteiger partial charge in [0, 0.05) is 17.6 Å². The summed E-state index contributed by atoms with van der Waals surface area (Å²) in [5.74, 6) is -0.0270. The maximum atomic E-state index is 12.1. The molecule has 124 valence electrons. The van der Waals surface area contributed by atoms with Gasteiger partial charge >= 0.3 is 0 Å². The first-order valence-corrected chi connectivity index (χ1v) is 8.69. The van der Waals surface area contributed by atoms with Crippen molar-refractivity contribution < 1.29 is 4.79 Å². The Morgan fingerprint density at radius 2 is 1.96 bits per heavy atom. The van der Waals surface area contributed by atoms with Crippen LogP contribution in [0.5, 0.6) is 0 Å². The molecule has 0 saturated carbocycles. The van der Waals surface area contributed by atoms with E-state index >= 15 is 0 Å². The van der Waals surface area contributed by atoms with E-state index in [4.69, 9.17) is 0 Å². The van der Waals surface area contributed by atoms with E-state index in [2.05, 4.69) is 15.4 Å². The first-order valence-electron chi connectivity index (χ1n) is 7.81. The van der Waals surface area contributed by atoms with Crippen molar-refractivity contribution >= 4 is 17.2 Å². The summed E-state index contributed by atoms with van der Waals surface area (Å²) in [6.45, 7) is 6.53. The third-order valence-corrected chi connectivity index (χ3v) is 4.55. The van der Waals surface area contributed by atoms with Crippen molar-refractivity contribution in [1.29, 1.82) is 0 Å². The van der Waals surface area contributed by atoms with E-state index in [1.807, 2.05) is 61.2 Å². The number of amides is 1. The van der Waals surface area contributed by atoms with Crippen molar-refractivity contribution in [2.75, 3.05) is 0 Å². The topological polar surface area (TPSA) is 59.8 Å². The average Bonchev–Trinajstić information content (AvgIpc) is 3.12. The average molecular weight is 340 g/mol. The molecule has 0 aliphatic heterocycles. The molecule has 0 bridgehead atoms. The standard InChI is InChI=1S/C18H20N4OS/c1-12-4-6-15(7-5-12)10-19-17(23)9-16-11-24-18(20-16)22-14(3)8-13(2)21-22/h4-8,11H,9-10H2,1-3H3,(H,19,23). The van der Waals surface area contributed by atoms with E-state index in [0.717, 1.165) is 27.8 Å². The summed E-state index contributed by atoms with van der Waals surface area (Å²) < 4.78 is 1.81. The molecule has 0 atom stereocenters. The maximum Gasteiger partial charge on any atom is 0.226 e. The van der Waals surface area contributed by atoms with Crippen LogP contribution in [-0.2, 0) is 17.8 Å². The predicted molar refractivity (Wildman–Crippen MR) is 95.4 cm³/mol. The molecule has 5 nitrogen and oxygen atoms in total.